The average molecular weight is 270 g/mol. The Morgan fingerprint density at radius 3 is 2.60 bits per heavy atom. The summed E-state index contributed by atoms with van der Waals surface area (Å²) in [4.78, 5) is 4.14. The number of ether oxygens (including phenoxy) is 2. The maximum Gasteiger partial charge on any atom is 0.150 e. The molecule has 1 aromatic heterocycles. The Morgan fingerprint density at radius 2 is 1.90 bits per heavy atom. The summed E-state index contributed by atoms with van der Waals surface area (Å²) < 4.78 is 11.0. The molecule has 0 saturated heterocycles. The number of nitrogens with zero attached hydrogens (tertiary/aromatic N) is 1. The van der Waals surface area contributed by atoms with Gasteiger partial charge in [-0.25, -0.2) is 0 Å². The van der Waals surface area contributed by atoms with Gasteiger partial charge in [-0.1, -0.05) is 0 Å². The fourth-order valence-electron chi connectivity index (χ4n) is 1.96. The highest BCUT2D eigenvalue weighted by molar-refractivity contribution is 5.37. The highest BCUT2D eigenvalue weighted by Crippen LogP contribution is 2.27. The lowest BCUT2D eigenvalue weighted by Crippen LogP contribution is -2.15. The van der Waals surface area contributed by atoms with Gasteiger partial charge in [0.05, 0.1) is 13.3 Å². The normalized spacial score (nSPS) is 14.1. The van der Waals surface area contributed by atoms with E-state index in [1.54, 1.807) is 19.5 Å². The molecule has 104 valence electrons. The van der Waals surface area contributed by atoms with Crippen LogP contribution < -0.4 is 14.8 Å². The van der Waals surface area contributed by atoms with E-state index < -0.39 is 0 Å². The van der Waals surface area contributed by atoms with Gasteiger partial charge in [0.1, 0.15) is 17.2 Å². The first-order chi connectivity index (χ1) is 9.85. The summed E-state index contributed by atoms with van der Waals surface area (Å²) in [6.45, 7) is 0.818. The number of methoxy groups -OCH3 is 1. The number of hydrogen-bond acceptors (Lipinski definition) is 4. The van der Waals surface area contributed by atoms with Crippen LogP contribution >= 0.6 is 0 Å². The maximum atomic E-state index is 5.90. The van der Waals surface area contributed by atoms with Crippen molar-refractivity contribution in [2.45, 2.75) is 25.4 Å². The van der Waals surface area contributed by atoms with E-state index in [0.717, 1.165) is 29.4 Å². The number of benzene rings is 1. The zero-order valence-electron chi connectivity index (χ0n) is 11.5. The van der Waals surface area contributed by atoms with Gasteiger partial charge < -0.3 is 14.8 Å². The Hall–Kier alpha value is -2.07. The van der Waals surface area contributed by atoms with Crippen LogP contribution in [-0.2, 0) is 6.54 Å². The molecule has 1 aromatic carbocycles. The SMILES string of the molecule is COc1ccc(Oc2cnccc2CNC2CC2)cc1. The van der Waals surface area contributed by atoms with Crippen LogP contribution in [0.5, 0.6) is 17.2 Å². The first-order valence-electron chi connectivity index (χ1n) is 6.83. The Morgan fingerprint density at radius 1 is 1.15 bits per heavy atom. The molecule has 4 heteroatoms. The van der Waals surface area contributed by atoms with Gasteiger partial charge in [0.25, 0.3) is 0 Å². The highest BCUT2D eigenvalue weighted by Gasteiger charge is 2.20. The molecule has 2 aromatic rings. The van der Waals surface area contributed by atoms with Crippen LogP contribution in [0.4, 0.5) is 0 Å². The van der Waals surface area contributed by atoms with Crippen LogP contribution in [-0.4, -0.2) is 18.1 Å². The molecule has 1 heterocycles. The number of rotatable bonds is 6. The van der Waals surface area contributed by atoms with E-state index in [0.29, 0.717) is 6.04 Å². The molecule has 0 amide bonds. The Balaban J connectivity index is 1.71. The van der Waals surface area contributed by atoms with E-state index in [2.05, 4.69) is 10.3 Å². The van der Waals surface area contributed by atoms with Gasteiger partial charge >= 0.3 is 0 Å². The molecule has 20 heavy (non-hydrogen) atoms. The van der Waals surface area contributed by atoms with Gasteiger partial charge in [-0.2, -0.15) is 0 Å². The van der Waals surface area contributed by atoms with Crippen LogP contribution in [0, 0.1) is 0 Å². The van der Waals surface area contributed by atoms with E-state index >= 15 is 0 Å². The van der Waals surface area contributed by atoms with Crippen LogP contribution in [0.15, 0.2) is 42.7 Å². The average Bonchev–Trinajstić information content (AvgIpc) is 3.31. The van der Waals surface area contributed by atoms with E-state index in [-0.39, 0.29) is 0 Å². The third-order valence-corrected chi connectivity index (χ3v) is 3.32. The largest absolute Gasteiger partial charge is 0.497 e. The zero-order chi connectivity index (χ0) is 13.8. The van der Waals surface area contributed by atoms with E-state index in [9.17, 15) is 0 Å². The second-order valence-corrected chi connectivity index (χ2v) is 4.92. The molecule has 1 aliphatic rings. The highest BCUT2D eigenvalue weighted by atomic mass is 16.5. The predicted octanol–water partition coefficient (Wildman–Crippen LogP) is 3.13. The van der Waals surface area contributed by atoms with Gasteiger partial charge in [0, 0.05) is 24.3 Å². The van der Waals surface area contributed by atoms with Crippen molar-refractivity contribution in [3.05, 3.63) is 48.3 Å². The minimum Gasteiger partial charge on any atom is -0.497 e. The van der Waals surface area contributed by atoms with Gasteiger partial charge in [0.15, 0.2) is 0 Å². The molecular weight excluding hydrogens is 252 g/mol. The lowest BCUT2D eigenvalue weighted by atomic mass is 10.2. The van der Waals surface area contributed by atoms with Gasteiger partial charge in [-0.05, 0) is 43.2 Å². The van der Waals surface area contributed by atoms with Crippen LogP contribution in [0.25, 0.3) is 0 Å². The standard InChI is InChI=1S/C16H18N2O2/c1-19-14-4-6-15(7-5-14)20-16-11-17-9-8-12(16)10-18-13-2-3-13/h4-9,11,13,18H,2-3,10H2,1H3. The van der Waals surface area contributed by atoms with Crippen molar-refractivity contribution in [3.8, 4) is 17.2 Å². The monoisotopic (exact) mass is 270 g/mol. The van der Waals surface area contributed by atoms with Crippen molar-refractivity contribution in [3.63, 3.8) is 0 Å². The lowest BCUT2D eigenvalue weighted by molar-refractivity contribution is 0.412. The molecule has 0 bridgehead atoms. The quantitative estimate of drug-likeness (QED) is 0.875. The van der Waals surface area contributed by atoms with Crippen molar-refractivity contribution in [1.29, 1.82) is 0 Å². The molecule has 1 fully saturated rings. The fourth-order valence-corrected chi connectivity index (χ4v) is 1.96. The Bertz CT molecular complexity index is 565. The molecule has 1 N–H and O–H groups in total. The lowest BCUT2D eigenvalue weighted by Gasteiger charge is -2.11. The molecule has 4 nitrogen and oxygen atoms in total. The number of pyridine rings is 1. The van der Waals surface area contributed by atoms with Crippen molar-refractivity contribution in [2.24, 2.45) is 0 Å². The topological polar surface area (TPSA) is 43.4 Å². The van der Waals surface area contributed by atoms with Gasteiger partial charge in [0.2, 0.25) is 0 Å². The molecule has 0 atom stereocenters. The molecular formula is C16H18N2O2. The minimum atomic E-state index is 0.678. The number of hydrogen-bond donors (Lipinski definition) is 1. The molecule has 0 radical (unpaired) electrons. The van der Waals surface area contributed by atoms with E-state index in [1.807, 2.05) is 30.3 Å². The summed E-state index contributed by atoms with van der Waals surface area (Å²) in [7, 11) is 1.65. The van der Waals surface area contributed by atoms with Gasteiger partial charge in [-0.3, -0.25) is 4.98 Å². The summed E-state index contributed by atoms with van der Waals surface area (Å²) in [6.07, 6.45) is 6.11. The van der Waals surface area contributed by atoms with Gasteiger partial charge in [-0.15, -0.1) is 0 Å². The third kappa shape index (κ3) is 3.27. The molecule has 0 aliphatic heterocycles. The smallest absolute Gasteiger partial charge is 0.150 e. The first kappa shape index (κ1) is 12.9. The predicted molar refractivity (Wildman–Crippen MR) is 77.2 cm³/mol. The summed E-state index contributed by atoms with van der Waals surface area (Å²) >= 11 is 0. The summed E-state index contributed by atoms with van der Waals surface area (Å²) in [6, 6.07) is 10.2. The third-order valence-electron chi connectivity index (χ3n) is 3.32. The van der Waals surface area contributed by atoms with Crippen LogP contribution in [0.2, 0.25) is 0 Å². The number of nitrogens with one attached hydrogen (secondary N) is 1. The van der Waals surface area contributed by atoms with Crippen molar-refractivity contribution in [2.75, 3.05) is 7.11 Å². The second-order valence-electron chi connectivity index (χ2n) is 4.92. The van der Waals surface area contributed by atoms with Crippen LogP contribution in [0.1, 0.15) is 18.4 Å². The Labute approximate surface area is 118 Å². The maximum absolute atomic E-state index is 5.90. The van der Waals surface area contributed by atoms with Crippen molar-refractivity contribution >= 4 is 0 Å². The Kier molecular flexibility index (Phi) is 3.83. The minimum absolute atomic E-state index is 0.678. The fraction of sp³-hybridized carbons (Fsp3) is 0.312. The summed E-state index contributed by atoms with van der Waals surface area (Å²) in [5, 5.41) is 3.49. The molecule has 1 saturated carbocycles. The summed E-state index contributed by atoms with van der Waals surface area (Å²) in [5.41, 5.74) is 1.13. The van der Waals surface area contributed by atoms with Crippen LogP contribution in [0.3, 0.4) is 0 Å². The second kappa shape index (κ2) is 5.92. The first-order valence-corrected chi connectivity index (χ1v) is 6.83. The van der Waals surface area contributed by atoms with E-state index in [1.165, 1.54) is 12.8 Å². The zero-order valence-corrected chi connectivity index (χ0v) is 11.5. The number of aromatic nitrogens is 1. The molecule has 0 spiro atoms. The molecule has 1 aliphatic carbocycles. The van der Waals surface area contributed by atoms with Crippen molar-refractivity contribution < 1.29 is 9.47 Å². The van der Waals surface area contributed by atoms with E-state index in [4.69, 9.17) is 9.47 Å². The molecule has 3 rings (SSSR count). The van der Waals surface area contributed by atoms with Crippen molar-refractivity contribution in [1.82, 2.24) is 10.3 Å². The summed E-state index contributed by atoms with van der Waals surface area (Å²) in [5.74, 6) is 2.40. The molecule has 0 unspecified atom stereocenters.